The number of tetrazole rings is 1. The summed E-state index contributed by atoms with van der Waals surface area (Å²) in [7, 11) is 0. The average Bonchev–Trinajstić information content (AvgIpc) is 3.22. The lowest BCUT2D eigenvalue weighted by atomic mass is 10.1. The van der Waals surface area contributed by atoms with Crippen LogP contribution in [0.15, 0.2) is 60.7 Å². The van der Waals surface area contributed by atoms with Crippen LogP contribution >= 0.6 is 0 Å². The smallest absolute Gasteiger partial charge is 0.168 e. The highest BCUT2D eigenvalue weighted by Gasteiger charge is 2.28. The van der Waals surface area contributed by atoms with Crippen molar-refractivity contribution >= 4 is 0 Å². The van der Waals surface area contributed by atoms with Crippen LogP contribution in [0.3, 0.4) is 0 Å². The van der Waals surface area contributed by atoms with Gasteiger partial charge in [0, 0.05) is 32.7 Å². The Bertz CT molecular complexity index is 855. The molecule has 152 valence electrons. The maximum Gasteiger partial charge on any atom is 0.168 e. The van der Waals surface area contributed by atoms with Gasteiger partial charge < -0.3 is 0 Å². The molecule has 2 heterocycles. The minimum Gasteiger partial charge on any atom is -0.297 e. The first-order valence-electron chi connectivity index (χ1n) is 10.6. The second-order valence-corrected chi connectivity index (χ2v) is 7.78. The van der Waals surface area contributed by atoms with Gasteiger partial charge in [-0.05, 0) is 28.0 Å². The van der Waals surface area contributed by atoms with Gasteiger partial charge in [-0.1, -0.05) is 74.0 Å². The Morgan fingerprint density at radius 1 is 0.828 bits per heavy atom. The predicted octanol–water partition coefficient (Wildman–Crippen LogP) is 3.38. The molecule has 1 saturated heterocycles. The van der Waals surface area contributed by atoms with E-state index < -0.39 is 0 Å². The van der Waals surface area contributed by atoms with Gasteiger partial charge in [-0.25, -0.2) is 4.68 Å². The van der Waals surface area contributed by atoms with Gasteiger partial charge in [-0.15, -0.1) is 5.10 Å². The van der Waals surface area contributed by atoms with Gasteiger partial charge in [0.15, 0.2) is 5.82 Å². The fourth-order valence-electron chi connectivity index (χ4n) is 4.14. The molecule has 0 amide bonds. The summed E-state index contributed by atoms with van der Waals surface area (Å²) in [6.45, 7) is 8.25. The number of rotatable bonds is 8. The van der Waals surface area contributed by atoms with E-state index in [1.54, 1.807) is 0 Å². The highest BCUT2D eigenvalue weighted by Crippen LogP contribution is 2.25. The molecular weight excluding hydrogens is 360 g/mol. The number of benzene rings is 2. The van der Waals surface area contributed by atoms with Crippen LogP contribution in [0.5, 0.6) is 0 Å². The largest absolute Gasteiger partial charge is 0.297 e. The van der Waals surface area contributed by atoms with Crippen LogP contribution in [0.2, 0.25) is 0 Å². The maximum absolute atomic E-state index is 4.44. The number of piperazine rings is 1. The SMILES string of the molecule is CCC[C@H](c1nnnn1Cc1ccccc1)N1CCN(Cc2ccccc2)CC1. The summed E-state index contributed by atoms with van der Waals surface area (Å²) in [5.74, 6) is 0.993. The van der Waals surface area contributed by atoms with Gasteiger partial charge in [0.05, 0.1) is 12.6 Å². The average molecular weight is 391 g/mol. The third-order valence-electron chi connectivity index (χ3n) is 5.69. The summed E-state index contributed by atoms with van der Waals surface area (Å²) in [5, 5.41) is 12.8. The van der Waals surface area contributed by atoms with E-state index in [1.165, 1.54) is 11.1 Å². The van der Waals surface area contributed by atoms with Crippen molar-refractivity contribution in [3.63, 3.8) is 0 Å². The first kappa shape index (κ1) is 19.7. The summed E-state index contributed by atoms with van der Waals surface area (Å²) in [4.78, 5) is 5.11. The minimum absolute atomic E-state index is 0.276. The number of hydrogen-bond donors (Lipinski definition) is 0. The van der Waals surface area contributed by atoms with Crippen molar-refractivity contribution in [2.75, 3.05) is 26.2 Å². The van der Waals surface area contributed by atoms with Crippen molar-refractivity contribution in [1.82, 2.24) is 30.0 Å². The Balaban J connectivity index is 1.42. The molecule has 2 aromatic carbocycles. The van der Waals surface area contributed by atoms with Crippen molar-refractivity contribution in [2.24, 2.45) is 0 Å². The molecule has 1 aromatic heterocycles. The van der Waals surface area contributed by atoms with Crippen LogP contribution in [-0.2, 0) is 13.1 Å². The molecule has 6 nitrogen and oxygen atoms in total. The van der Waals surface area contributed by atoms with Gasteiger partial charge in [0.1, 0.15) is 0 Å². The first-order valence-corrected chi connectivity index (χ1v) is 10.6. The molecule has 0 N–H and O–H groups in total. The normalized spacial score (nSPS) is 16.7. The summed E-state index contributed by atoms with van der Waals surface area (Å²) in [6, 6.07) is 21.4. The quantitative estimate of drug-likeness (QED) is 0.590. The van der Waals surface area contributed by atoms with E-state index in [2.05, 4.69) is 86.8 Å². The molecule has 0 bridgehead atoms. The lowest BCUT2D eigenvalue weighted by molar-refractivity contribution is 0.0820. The van der Waals surface area contributed by atoms with Crippen molar-refractivity contribution in [3.05, 3.63) is 77.6 Å². The highest BCUT2D eigenvalue weighted by molar-refractivity contribution is 5.16. The fourth-order valence-corrected chi connectivity index (χ4v) is 4.14. The molecule has 6 heteroatoms. The van der Waals surface area contributed by atoms with Crippen LogP contribution in [0.1, 0.15) is 42.8 Å². The zero-order valence-electron chi connectivity index (χ0n) is 17.2. The Morgan fingerprint density at radius 3 is 2.07 bits per heavy atom. The van der Waals surface area contributed by atoms with Crippen LogP contribution in [0, 0.1) is 0 Å². The Labute approximate surface area is 173 Å². The minimum atomic E-state index is 0.276. The van der Waals surface area contributed by atoms with Crippen LogP contribution < -0.4 is 0 Å². The molecule has 3 aromatic rings. The molecule has 1 aliphatic heterocycles. The monoisotopic (exact) mass is 390 g/mol. The maximum atomic E-state index is 4.44. The van der Waals surface area contributed by atoms with Crippen LogP contribution in [-0.4, -0.2) is 56.2 Å². The van der Waals surface area contributed by atoms with Gasteiger partial charge >= 0.3 is 0 Å². The molecule has 1 aliphatic rings. The van der Waals surface area contributed by atoms with E-state index in [1.807, 2.05) is 10.7 Å². The van der Waals surface area contributed by atoms with E-state index in [9.17, 15) is 0 Å². The lowest BCUT2D eigenvalue weighted by Gasteiger charge is -2.38. The molecule has 4 rings (SSSR count). The zero-order valence-corrected chi connectivity index (χ0v) is 17.2. The Hall–Kier alpha value is -2.57. The number of nitrogens with zero attached hydrogens (tertiary/aromatic N) is 6. The third kappa shape index (κ3) is 5.08. The highest BCUT2D eigenvalue weighted by atomic mass is 15.6. The van der Waals surface area contributed by atoms with Crippen molar-refractivity contribution < 1.29 is 0 Å². The van der Waals surface area contributed by atoms with E-state index in [-0.39, 0.29) is 6.04 Å². The number of hydrogen-bond acceptors (Lipinski definition) is 5. The molecular formula is C23H30N6. The zero-order chi connectivity index (χ0) is 19.9. The van der Waals surface area contributed by atoms with Gasteiger partial charge in [-0.2, -0.15) is 0 Å². The van der Waals surface area contributed by atoms with Crippen LogP contribution in [0.25, 0.3) is 0 Å². The molecule has 1 atom stereocenters. The molecule has 0 unspecified atom stereocenters. The second kappa shape index (κ2) is 9.76. The third-order valence-corrected chi connectivity index (χ3v) is 5.69. The van der Waals surface area contributed by atoms with Crippen molar-refractivity contribution in [2.45, 2.75) is 38.9 Å². The van der Waals surface area contributed by atoms with Crippen molar-refractivity contribution in [1.29, 1.82) is 0 Å². The van der Waals surface area contributed by atoms with Gasteiger partial charge in [0.25, 0.3) is 0 Å². The fraction of sp³-hybridized carbons (Fsp3) is 0.435. The standard InChI is InChI=1S/C23H30N6/c1-2-9-22(23-24-25-26-29(23)19-21-12-7-4-8-13-21)28-16-14-27(15-17-28)18-20-10-5-3-6-11-20/h3-8,10-13,22H,2,9,14-19H2,1H3/t22-/m1/s1. The second-order valence-electron chi connectivity index (χ2n) is 7.78. The van der Waals surface area contributed by atoms with E-state index in [0.717, 1.165) is 57.9 Å². The van der Waals surface area contributed by atoms with Gasteiger partial charge in [-0.3, -0.25) is 9.80 Å². The predicted molar refractivity (Wildman–Crippen MR) is 114 cm³/mol. The molecule has 0 aliphatic carbocycles. The van der Waals surface area contributed by atoms with E-state index >= 15 is 0 Å². The first-order chi connectivity index (χ1) is 14.3. The molecule has 1 fully saturated rings. The molecule has 29 heavy (non-hydrogen) atoms. The summed E-state index contributed by atoms with van der Waals surface area (Å²) in [5.41, 5.74) is 2.61. The molecule has 0 spiro atoms. The molecule has 0 radical (unpaired) electrons. The Morgan fingerprint density at radius 2 is 1.45 bits per heavy atom. The van der Waals surface area contributed by atoms with Crippen molar-refractivity contribution in [3.8, 4) is 0 Å². The van der Waals surface area contributed by atoms with E-state index in [4.69, 9.17) is 0 Å². The lowest BCUT2D eigenvalue weighted by Crippen LogP contribution is -2.47. The summed E-state index contributed by atoms with van der Waals surface area (Å²) in [6.07, 6.45) is 2.20. The van der Waals surface area contributed by atoms with Crippen LogP contribution in [0.4, 0.5) is 0 Å². The Kier molecular flexibility index (Phi) is 6.64. The molecule has 0 saturated carbocycles. The van der Waals surface area contributed by atoms with E-state index in [0.29, 0.717) is 0 Å². The summed E-state index contributed by atoms with van der Waals surface area (Å²) >= 11 is 0. The van der Waals surface area contributed by atoms with Gasteiger partial charge in [0.2, 0.25) is 0 Å². The topological polar surface area (TPSA) is 50.1 Å². The summed E-state index contributed by atoms with van der Waals surface area (Å²) < 4.78 is 1.98. The number of aromatic nitrogens is 4.